The fourth-order valence-corrected chi connectivity index (χ4v) is 3.86. The quantitative estimate of drug-likeness (QED) is 0.489. The Bertz CT molecular complexity index is 1200. The molecule has 4 aromatic rings. The molecule has 0 saturated carbocycles. The van der Waals surface area contributed by atoms with Crippen molar-refractivity contribution in [3.8, 4) is 11.3 Å². The Kier molecular flexibility index (Phi) is 5.22. The molecule has 0 aliphatic heterocycles. The molecule has 0 unspecified atom stereocenters. The van der Waals surface area contributed by atoms with E-state index in [0.29, 0.717) is 11.5 Å². The van der Waals surface area contributed by atoms with Crippen LogP contribution in [-0.2, 0) is 10.0 Å². The highest BCUT2D eigenvalue weighted by atomic mass is 32.2. The third-order valence-electron chi connectivity index (χ3n) is 4.20. The van der Waals surface area contributed by atoms with E-state index in [2.05, 4.69) is 20.0 Å². The van der Waals surface area contributed by atoms with E-state index >= 15 is 0 Å². The summed E-state index contributed by atoms with van der Waals surface area (Å²) < 4.78 is 27.4. The van der Waals surface area contributed by atoms with Gasteiger partial charge in [0.1, 0.15) is 12.1 Å². The molecule has 29 heavy (non-hydrogen) atoms. The number of benzene rings is 3. The second-order valence-corrected chi connectivity index (χ2v) is 7.96. The molecule has 7 heteroatoms. The zero-order valence-corrected chi connectivity index (χ0v) is 16.2. The zero-order valence-electron chi connectivity index (χ0n) is 15.4. The molecule has 144 valence electrons. The van der Waals surface area contributed by atoms with E-state index in [1.54, 1.807) is 54.6 Å². The molecule has 4 rings (SSSR count). The second-order valence-electron chi connectivity index (χ2n) is 6.28. The molecule has 6 nitrogen and oxygen atoms in total. The predicted octanol–water partition coefficient (Wildman–Crippen LogP) is 4.69. The van der Waals surface area contributed by atoms with Crippen LogP contribution in [0.3, 0.4) is 0 Å². The van der Waals surface area contributed by atoms with Crippen molar-refractivity contribution in [3.63, 3.8) is 0 Å². The van der Waals surface area contributed by atoms with Crippen LogP contribution >= 0.6 is 0 Å². The number of hydrogen-bond acceptors (Lipinski definition) is 5. The van der Waals surface area contributed by atoms with Crippen LogP contribution < -0.4 is 10.0 Å². The standard InChI is InChI=1S/C22H18N4O2S/c27-29(28,20-9-5-2-6-10-20)26-19-13-11-18(12-14-19)25-22-15-21(23-16-24-22)17-7-3-1-4-8-17/h1-16,26H,(H,23,24,25). The highest BCUT2D eigenvalue weighted by Crippen LogP contribution is 2.23. The topological polar surface area (TPSA) is 84.0 Å². The lowest BCUT2D eigenvalue weighted by atomic mass is 10.1. The highest BCUT2D eigenvalue weighted by molar-refractivity contribution is 7.92. The van der Waals surface area contributed by atoms with Crippen LogP contribution in [0, 0.1) is 0 Å². The number of sulfonamides is 1. The van der Waals surface area contributed by atoms with E-state index in [1.165, 1.54) is 6.33 Å². The molecule has 0 radical (unpaired) electrons. The molecule has 0 bridgehead atoms. The van der Waals surface area contributed by atoms with Crippen LogP contribution in [0.5, 0.6) is 0 Å². The molecule has 0 saturated heterocycles. The van der Waals surface area contributed by atoms with Crippen LogP contribution in [0.1, 0.15) is 0 Å². The number of anilines is 3. The lowest BCUT2D eigenvalue weighted by Crippen LogP contribution is -2.12. The maximum atomic E-state index is 12.4. The van der Waals surface area contributed by atoms with Crippen molar-refractivity contribution in [3.05, 3.63) is 97.3 Å². The van der Waals surface area contributed by atoms with Gasteiger partial charge in [0.05, 0.1) is 10.6 Å². The van der Waals surface area contributed by atoms with E-state index in [0.717, 1.165) is 16.9 Å². The molecule has 0 atom stereocenters. The van der Waals surface area contributed by atoms with E-state index in [9.17, 15) is 8.42 Å². The van der Waals surface area contributed by atoms with Crippen molar-refractivity contribution in [1.29, 1.82) is 0 Å². The van der Waals surface area contributed by atoms with Crippen LogP contribution in [0.25, 0.3) is 11.3 Å². The molecule has 2 N–H and O–H groups in total. The van der Waals surface area contributed by atoms with Gasteiger partial charge in [-0.1, -0.05) is 48.5 Å². The lowest BCUT2D eigenvalue weighted by molar-refractivity contribution is 0.601. The van der Waals surface area contributed by atoms with Gasteiger partial charge in [0.15, 0.2) is 0 Å². The summed E-state index contributed by atoms with van der Waals surface area (Å²) in [5.41, 5.74) is 3.08. The second kappa shape index (κ2) is 8.12. The van der Waals surface area contributed by atoms with Gasteiger partial charge in [-0.05, 0) is 36.4 Å². The summed E-state index contributed by atoms with van der Waals surface area (Å²) in [5, 5.41) is 3.21. The zero-order chi connectivity index (χ0) is 20.1. The lowest BCUT2D eigenvalue weighted by Gasteiger charge is -2.10. The van der Waals surface area contributed by atoms with Gasteiger partial charge in [0.25, 0.3) is 10.0 Å². The van der Waals surface area contributed by atoms with E-state index in [-0.39, 0.29) is 4.90 Å². The maximum absolute atomic E-state index is 12.4. The Morgan fingerprint density at radius 3 is 2.00 bits per heavy atom. The van der Waals surface area contributed by atoms with E-state index < -0.39 is 10.0 Å². The highest BCUT2D eigenvalue weighted by Gasteiger charge is 2.13. The van der Waals surface area contributed by atoms with Crippen molar-refractivity contribution in [2.75, 3.05) is 10.0 Å². The van der Waals surface area contributed by atoms with Crippen LogP contribution in [0.2, 0.25) is 0 Å². The normalized spacial score (nSPS) is 11.0. The van der Waals surface area contributed by atoms with Crippen molar-refractivity contribution >= 4 is 27.2 Å². The van der Waals surface area contributed by atoms with Gasteiger partial charge in [-0.25, -0.2) is 18.4 Å². The molecule has 1 heterocycles. The third-order valence-corrected chi connectivity index (χ3v) is 5.60. The van der Waals surface area contributed by atoms with Crippen molar-refractivity contribution in [2.24, 2.45) is 0 Å². The van der Waals surface area contributed by atoms with Crippen molar-refractivity contribution < 1.29 is 8.42 Å². The molecule has 0 fully saturated rings. The summed E-state index contributed by atoms with van der Waals surface area (Å²) >= 11 is 0. The van der Waals surface area contributed by atoms with Gasteiger partial charge in [-0.2, -0.15) is 0 Å². The summed E-state index contributed by atoms with van der Waals surface area (Å²) in [4.78, 5) is 8.77. The molecule has 0 spiro atoms. The van der Waals surface area contributed by atoms with Crippen molar-refractivity contribution in [2.45, 2.75) is 4.90 Å². The number of hydrogen-bond donors (Lipinski definition) is 2. The first-order valence-electron chi connectivity index (χ1n) is 8.93. The fourth-order valence-electron chi connectivity index (χ4n) is 2.78. The number of rotatable bonds is 6. The minimum atomic E-state index is -3.61. The Hall–Kier alpha value is -3.71. The molecule has 0 amide bonds. The summed E-state index contributed by atoms with van der Waals surface area (Å²) in [6.07, 6.45) is 1.51. The van der Waals surface area contributed by atoms with Gasteiger partial charge >= 0.3 is 0 Å². The fraction of sp³-hybridized carbons (Fsp3) is 0. The molecule has 1 aromatic heterocycles. The van der Waals surface area contributed by atoms with E-state index in [1.807, 2.05) is 36.4 Å². The maximum Gasteiger partial charge on any atom is 0.261 e. The summed E-state index contributed by atoms with van der Waals surface area (Å²) in [6, 6.07) is 26.9. The third kappa shape index (κ3) is 4.59. The molecule has 0 aliphatic carbocycles. The Morgan fingerprint density at radius 1 is 0.690 bits per heavy atom. The van der Waals surface area contributed by atoms with Crippen LogP contribution in [-0.4, -0.2) is 18.4 Å². The summed E-state index contributed by atoms with van der Waals surface area (Å²) in [5.74, 6) is 0.650. The number of nitrogens with one attached hydrogen (secondary N) is 2. The predicted molar refractivity (Wildman–Crippen MR) is 114 cm³/mol. The van der Waals surface area contributed by atoms with Crippen LogP contribution in [0.4, 0.5) is 17.2 Å². The summed E-state index contributed by atoms with van der Waals surface area (Å²) in [7, 11) is -3.61. The first kappa shape index (κ1) is 18.6. The van der Waals surface area contributed by atoms with Crippen LogP contribution in [0.15, 0.2) is 102 Å². The largest absolute Gasteiger partial charge is 0.340 e. The minimum absolute atomic E-state index is 0.219. The number of aromatic nitrogens is 2. The Balaban J connectivity index is 1.48. The Morgan fingerprint density at radius 2 is 1.31 bits per heavy atom. The minimum Gasteiger partial charge on any atom is -0.340 e. The average Bonchev–Trinajstić information content (AvgIpc) is 2.76. The monoisotopic (exact) mass is 402 g/mol. The smallest absolute Gasteiger partial charge is 0.261 e. The molecular weight excluding hydrogens is 384 g/mol. The first-order chi connectivity index (χ1) is 14.1. The summed E-state index contributed by atoms with van der Waals surface area (Å²) in [6.45, 7) is 0. The van der Waals surface area contributed by atoms with E-state index in [4.69, 9.17) is 0 Å². The molecule has 3 aromatic carbocycles. The SMILES string of the molecule is O=S(=O)(Nc1ccc(Nc2cc(-c3ccccc3)ncn2)cc1)c1ccccc1. The van der Waals surface area contributed by atoms with Gasteiger partial charge in [0.2, 0.25) is 0 Å². The van der Waals surface area contributed by atoms with Crippen molar-refractivity contribution in [1.82, 2.24) is 9.97 Å². The van der Waals surface area contributed by atoms with Gasteiger partial charge < -0.3 is 5.32 Å². The number of nitrogens with zero attached hydrogens (tertiary/aromatic N) is 2. The first-order valence-corrected chi connectivity index (χ1v) is 10.4. The molecular formula is C22H18N4O2S. The molecule has 0 aliphatic rings. The van der Waals surface area contributed by atoms with Gasteiger partial charge in [0, 0.05) is 23.0 Å². The Labute approximate surface area is 169 Å². The average molecular weight is 402 g/mol. The van der Waals surface area contributed by atoms with Gasteiger partial charge in [-0.15, -0.1) is 0 Å². The van der Waals surface area contributed by atoms with Gasteiger partial charge in [-0.3, -0.25) is 4.72 Å².